The van der Waals surface area contributed by atoms with Crippen LogP contribution in [-0.4, -0.2) is 58.8 Å². The quantitative estimate of drug-likeness (QED) is 0.430. The van der Waals surface area contributed by atoms with Crippen molar-refractivity contribution < 1.29 is 33.4 Å². The minimum atomic E-state index is -4.27. The zero-order valence-corrected chi connectivity index (χ0v) is 12.7. The molecule has 0 bridgehead atoms. The Balaban J connectivity index is 0.000000370. The molecule has 0 radical (unpaired) electrons. The summed E-state index contributed by atoms with van der Waals surface area (Å²) in [5.74, 6) is 0. The second-order valence-corrected chi connectivity index (χ2v) is 9.37. The molecule has 1 rings (SSSR count). The van der Waals surface area contributed by atoms with Crippen molar-refractivity contribution in [1.82, 2.24) is 0 Å². The maximum absolute atomic E-state index is 10.4. The monoisotopic (exact) mass is 326 g/mol. The lowest BCUT2D eigenvalue weighted by atomic mass is 10.2. The number of aliphatic hydroxyl groups excluding tert-OH is 4. The van der Waals surface area contributed by atoms with E-state index in [0.717, 1.165) is 5.56 Å². The zero-order valence-electron chi connectivity index (χ0n) is 11.0. The molecule has 0 unspecified atom stereocenters. The highest BCUT2D eigenvalue weighted by Gasteiger charge is 2.34. The van der Waals surface area contributed by atoms with Crippen LogP contribution in [0.15, 0.2) is 29.2 Å². The van der Waals surface area contributed by atoms with Gasteiger partial charge in [0.25, 0.3) is 0 Å². The summed E-state index contributed by atoms with van der Waals surface area (Å²) in [7, 11) is -6.47. The van der Waals surface area contributed by atoms with Crippen molar-refractivity contribution in [3.63, 3.8) is 0 Å². The van der Waals surface area contributed by atoms with Gasteiger partial charge >= 0.3 is 0 Å². The van der Waals surface area contributed by atoms with Gasteiger partial charge in [-0.05, 0) is 19.1 Å². The molecule has 1 aromatic carbocycles. The third-order valence-corrected chi connectivity index (χ3v) is 5.76. The van der Waals surface area contributed by atoms with Crippen LogP contribution in [0.5, 0.6) is 0 Å². The van der Waals surface area contributed by atoms with Crippen LogP contribution >= 0.6 is 7.26 Å². The largest absolute Gasteiger partial charge is 0.744 e. The lowest BCUT2D eigenvalue weighted by Crippen LogP contribution is -2.10. The number of hydrogen-bond acceptors (Lipinski definition) is 7. The van der Waals surface area contributed by atoms with E-state index < -0.39 is 17.4 Å². The van der Waals surface area contributed by atoms with Gasteiger partial charge in [-0.1, -0.05) is 17.7 Å². The van der Waals surface area contributed by atoms with Crippen LogP contribution in [0.1, 0.15) is 5.56 Å². The number of benzene rings is 1. The van der Waals surface area contributed by atoms with Gasteiger partial charge in [0, 0.05) is 0 Å². The van der Waals surface area contributed by atoms with Crippen molar-refractivity contribution in [3.8, 4) is 0 Å². The fourth-order valence-corrected chi connectivity index (χ4v) is 1.98. The average Bonchev–Trinajstić information content (AvgIpc) is 2.42. The molecular formula is C11H19O7PS. The third kappa shape index (κ3) is 6.23. The van der Waals surface area contributed by atoms with E-state index in [4.69, 9.17) is 20.4 Å². The summed E-state index contributed by atoms with van der Waals surface area (Å²) in [6.07, 6.45) is -1.18. The second-order valence-electron chi connectivity index (χ2n) is 4.17. The molecule has 7 nitrogen and oxygen atoms in total. The molecule has 0 spiro atoms. The van der Waals surface area contributed by atoms with Gasteiger partial charge in [-0.15, -0.1) is 0 Å². The molecule has 0 amide bonds. The Morgan fingerprint density at radius 3 is 1.50 bits per heavy atom. The first kappa shape index (κ1) is 19.4. The van der Waals surface area contributed by atoms with Crippen LogP contribution in [0, 0.1) is 6.92 Å². The first-order valence-corrected chi connectivity index (χ1v) is 9.49. The topological polar surface area (TPSA) is 138 Å². The molecule has 0 heterocycles. The SMILES string of the molecule is Cc1ccc(S(=O)(=O)[O-])cc1.OC[P+](CO)(CO)CO. The van der Waals surface area contributed by atoms with Crippen molar-refractivity contribution in [2.45, 2.75) is 11.8 Å². The van der Waals surface area contributed by atoms with Gasteiger partial charge in [0.05, 0.1) is 4.90 Å². The molecule has 0 saturated carbocycles. The standard InChI is InChI=1S/C7H8O3S.C4H12O4P/c1-6-2-4-7(5-3-6)11(8,9)10;5-1-9(2-6,3-7)4-8/h2-5H,1H3,(H,8,9,10);5-8H,1-4H2/q;+1/p-1. The molecule has 9 heteroatoms. The first-order valence-electron chi connectivity index (χ1n) is 5.56. The molecule has 4 N–H and O–H groups in total. The normalized spacial score (nSPS) is 11.7. The molecule has 0 aliphatic carbocycles. The van der Waals surface area contributed by atoms with Gasteiger partial charge in [-0.2, -0.15) is 0 Å². The fourth-order valence-electron chi connectivity index (χ4n) is 0.973. The molecule has 20 heavy (non-hydrogen) atoms. The highest BCUT2D eigenvalue weighted by atomic mass is 32.2. The average molecular weight is 326 g/mol. The smallest absolute Gasteiger partial charge is 0.161 e. The predicted molar refractivity (Wildman–Crippen MR) is 74.4 cm³/mol. The highest BCUT2D eigenvalue weighted by molar-refractivity contribution is 7.85. The van der Waals surface area contributed by atoms with Crippen LogP contribution in [0.2, 0.25) is 0 Å². The maximum Gasteiger partial charge on any atom is 0.161 e. The van der Waals surface area contributed by atoms with Crippen molar-refractivity contribution in [1.29, 1.82) is 0 Å². The summed E-state index contributed by atoms with van der Waals surface area (Å²) in [5, 5.41) is 34.2. The van der Waals surface area contributed by atoms with Gasteiger partial charge in [0.15, 0.2) is 25.4 Å². The Bertz CT molecular complexity index is 464. The van der Waals surface area contributed by atoms with E-state index in [1.54, 1.807) is 12.1 Å². The Kier molecular flexibility index (Phi) is 8.38. The van der Waals surface area contributed by atoms with E-state index in [1.165, 1.54) is 12.1 Å². The second kappa shape index (κ2) is 8.63. The Labute approximate surface area is 118 Å². The molecule has 116 valence electrons. The molecule has 0 aliphatic heterocycles. The van der Waals surface area contributed by atoms with Crippen molar-refractivity contribution in [2.75, 3.05) is 25.4 Å². The molecule has 0 fully saturated rings. The van der Waals surface area contributed by atoms with E-state index in [2.05, 4.69) is 0 Å². The van der Waals surface area contributed by atoms with Crippen LogP contribution in [0.4, 0.5) is 0 Å². The Hall–Kier alpha value is -0.600. The maximum atomic E-state index is 10.4. The lowest BCUT2D eigenvalue weighted by molar-refractivity contribution is 0.288. The molecule has 1 aromatic rings. The van der Waals surface area contributed by atoms with E-state index in [0.29, 0.717) is 0 Å². The van der Waals surface area contributed by atoms with Gasteiger partial charge in [-0.25, -0.2) is 8.42 Å². The van der Waals surface area contributed by atoms with Crippen LogP contribution in [-0.2, 0) is 10.1 Å². The van der Waals surface area contributed by atoms with E-state index in [1.807, 2.05) is 6.92 Å². The van der Waals surface area contributed by atoms with Gasteiger partial charge < -0.3 is 25.0 Å². The van der Waals surface area contributed by atoms with E-state index in [-0.39, 0.29) is 30.3 Å². The van der Waals surface area contributed by atoms with Crippen molar-refractivity contribution in [3.05, 3.63) is 29.8 Å². The minimum absolute atomic E-state index is 0.178. The van der Waals surface area contributed by atoms with Crippen molar-refractivity contribution >= 4 is 17.4 Å². The zero-order chi connectivity index (χ0) is 15.8. The highest BCUT2D eigenvalue weighted by Crippen LogP contribution is 2.54. The summed E-state index contributed by atoms with van der Waals surface area (Å²) in [6, 6.07) is 5.78. The lowest BCUT2D eigenvalue weighted by Gasteiger charge is -2.15. The van der Waals surface area contributed by atoms with Crippen LogP contribution in [0.25, 0.3) is 0 Å². The molecule has 0 aromatic heterocycles. The number of hydrogen-bond donors (Lipinski definition) is 4. The number of aliphatic hydroxyl groups is 4. The molecule has 0 saturated heterocycles. The minimum Gasteiger partial charge on any atom is -0.744 e. The summed E-state index contributed by atoms with van der Waals surface area (Å²) < 4.78 is 31.2. The van der Waals surface area contributed by atoms with Gasteiger partial charge in [0.2, 0.25) is 0 Å². The number of rotatable bonds is 5. The van der Waals surface area contributed by atoms with E-state index >= 15 is 0 Å². The summed E-state index contributed by atoms with van der Waals surface area (Å²) in [6.45, 7) is 1.82. The van der Waals surface area contributed by atoms with E-state index in [9.17, 15) is 13.0 Å². The summed E-state index contributed by atoms with van der Waals surface area (Å²) in [5.41, 5.74) is 0.928. The molecule has 0 atom stereocenters. The van der Waals surface area contributed by atoms with Gasteiger partial charge in [0.1, 0.15) is 17.4 Å². The fraction of sp³-hybridized carbons (Fsp3) is 0.455. The van der Waals surface area contributed by atoms with Gasteiger partial charge in [-0.3, -0.25) is 0 Å². The Morgan fingerprint density at radius 1 is 0.950 bits per heavy atom. The summed E-state index contributed by atoms with van der Waals surface area (Å²) in [4.78, 5) is -0.178. The molecular weight excluding hydrogens is 307 g/mol. The number of aryl methyl sites for hydroxylation is 1. The summed E-state index contributed by atoms with van der Waals surface area (Å²) >= 11 is 0. The Morgan fingerprint density at radius 2 is 1.30 bits per heavy atom. The van der Waals surface area contributed by atoms with Crippen molar-refractivity contribution in [2.24, 2.45) is 0 Å². The predicted octanol–water partition coefficient (Wildman–Crippen LogP) is -0.298. The molecule has 0 aliphatic rings. The third-order valence-electron chi connectivity index (χ3n) is 2.51. The first-order chi connectivity index (χ1) is 9.24. The van der Waals surface area contributed by atoms with Crippen LogP contribution < -0.4 is 0 Å². The van der Waals surface area contributed by atoms with Crippen LogP contribution in [0.3, 0.4) is 0 Å².